The molecule has 1 aliphatic carbocycles. The quantitative estimate of drug-likeness (QED) is 0.787. The van der Waals surface area contributed by atoms with Gasteiger partial charge in [-0.1, -0.05) is 0 Å². The van der Waals surface area contributed by atoms with Crippen molar-refractivity contribution >= 4 is 5.82 Å². The minimum absolute atomic E-state index is 0.210. The summed E-state index contributed by atoms with van der Waals surface area (Å²) in [6.07, 6.45) is 4.86. The van der Waals surface area contributed by atoms with Crippen LogP contribution in [0.2, 0.25) is 0 Å². The van der Waals surface area contributed by atoms with Crippen molar-refractivity contribution in [3.05, 3.63) is 18.3 Å². The topological polar surface area (TPSA) is 41.0 Å². The van der Waals surface area contributed by atoms with Crippen molar-refractivity contribution < 1.29 is 4.39 Å². The number of halogens is 1. The van der Waals surface area contributed by atoms with Crippen LogP contribution in [0.1, 0.15) is 19.3 Å². The van der Waals surface area contributed by atoms with E-state index in [4.69, 9.17) is 0 Å². The Labute approximate surface area is 94.9 Å². The smallest absolute Gasteiger partial charge is 0.217 e. The molecule has 0 radical (unpaired) electrons. The summed E-state index contributed by atoms with van der Waals surface area (Å²) in [4.78, 5) is 9.64. The van der Waals surface area contributed by atoms with E-state index in [-0.39, 0.29) is 5.54 Å². The molecular weight excluding hydrogens is 207 g/mol. The zero-order valence-electron chi connectivity index (χ0n) is 9.70. The van der Waals surface area contributed by atoms with Crippen LogP contribution in [0.25, 0.3) is 0 Å². The molecule has 1 aromatic rings. The maximum atomic E-state index is 12.8. The van der Waals surface area contributed by atoms with Gasteiger partial charge in [0.2, 0.25) is 5.95 Å². The van der Waals surface area contributed by atoms with Crippen molar-refractivity contribution in [3.8, 4) is 0 Å². The second-order valence-electron chi connectivity index (χ2n) is 4.55. The Morgan fingerprint density at radius 2 is 2.19 bits per heavy atom. The van der Waals surface area contributed by atoms with Crippen molar-refractivity contribution in [3.63, 3.8) is 0 Å². The summed E-state index contributed by atoms with van der Waals surface area (Å²) >= 11 is 0. The van der Waals surface area contributed by atoms with Gasteiger partial charge in [-0.05, 0) is 33.4 Å². The molecule has 0 saturated heterocycles. The maximum Gasteiger partial charge on any atom is 0.217 e. The standard InChI is InChI=1S/C11H17FN4/c1-16(2)11(4-3-5-11)7-13-10-6-9(12)14-8-15-10/h6,8H,3-5,7H2,1-2H3,(H,13,14,15). The number of aromatic nitrogens is 2. The van der Waals surface area contributed by atoms with Gasteiger partial charge in [-0.25, -0.2) is 9.97 Å². The molecule has 0 spiro atoms. The first-order valence-corrected chi connectivity index (χ1v) is 5.51. The van der Waals surface area contributed by atoms with E-state index in [0.29, 0.717) is 5.82 Å². The van der Waals surface area contributed by atoms with E-state index in [2.05, 4.69) is 34.3 Å². The minimum atomic E-state index is -0.495. The molecule has 0 aliphatic heterocycles. The van der Waals surface area contributed by atoms with Gasteiger partial charge >= 0.3 is 0 Å². The summed E-state index contributed by atoms with van der Waals surface area (Å²) in [5.74, 6) is 0.0608. The molecule has 0 aromatic carbocycles. The zero-order chi connectivity index (χ0) is 11.6. The summed E-state index contributed by atoms with van der Waals surface area (Å²) in [6.45, 7) is 0.802. The van der Waals surface area contributed by atoms with Crippen LogP contribution in [0.5, 0.6) is 0 Å². The number of anilines is 1. The van der Waals surface area contributed by atoms with Gasteiger partial charge in [-0.15, -0.1) is 0 Å². The van der Waals surface area contributed by atoms with E-state index in [1.807, 2.05) is 0 Å². The summed E-state index contributed by atoms with van der Waals surface area (Å²) in [6, 6.07) is 1.32. The monoisotopic (exact) mass is 224 g/mol. The third kappa shape index (κ3) is 2.14. The van der Waals surface area contributed by atoms with E-state index < -0.39 is 5.95 Å². The van der Waals surface area contributed by atoms with Crippen LogP contribution in [0, 0.1) is 5.95 Å². The molecule has 0 unspecified atom stereocenters. The molecular formula is C11H17FN4. The summed E-state index contributed by atoms with van der Waals surface area (Å²) in [7, 11) is 4.17. The third-order valence-electron chi connectivity index (χ3n) is 3.47. The Morgan fingerprint density at radius 3 is 2.69 bits per heavy atom. The van der Waals surface area contributed by atoms with Crippen LogP contribution in [0.4, 0.5) is 10.2 Å². The van der Waals surface area contributed by atoms with Crippen molar-refractivity contribution in [1.82, 2.24) is 14.9 Å². The number of nitrogens with zero attached hydrogens (tertiary/aromatic N) is 3. The van der Waals surface area contributed by atoms with Crippen LogP contribution in [-0.2, 0) is 0 Å². The Hall–Kier alpha value is -1.23. The lowest BCUT2D eigenvalue weighted by atomic mass is 9.75. The predicted octanol–water partition coefficient (Wildman–Crippen LogP) is 1.51. The molecule has 0 bridgehead atoms. The Balaban J connectivity index is 1.96. The number of hydrogen-bond donors (Lipinski definition) is 1. The predicted molar refractivity (Wildman–Crippen MR) is 60.7 cm³/mol. The van der Waals surface area contributed by atoms with Gasteiger partial charge in [0.25, 0.3) is 0 Å². The molecule has 0 atom stereocenters. The van der Waals surface area contributed by atoms with E-state index in [1.54, 1.807) is 0 Å². The van der Waals surface area contributed by atoms with Crippen molar-refractivity contribution in [2.24, 2.45) is 0 Å². The molecule has 1 saturated carbocycles. The molecule has 2 rings (SSSR count). The first-order chi connectivity index (χ1) is 7.62. The molecule has 88 valence electrons. The largest absolute Gasteiger partial charge is 0.368 e. The zero-order valence-corrected chi connectivity index (χ0v) is 9.70. The van der Waals surface area contributed by atoms with E-state index in [9.17, 15) is 4.39 Å². The van der Waals surface area contributed by atoms with E-state index >= 15 is 0 Å². The normalized spacial score (nSPS) is 18.2. The second-order valence-corrected chi connectivity index (χ2v) is 4.55. The highest BCUT2D eigenvalue weighted by atomic mass is 19.1. The van der Waals surface area contributed by atoms with Gasteiger partial charge in [-0.3, -0.25) is 0 Å². The van der Waals surface area contributed by atoms with E-state index in [1.165, 1.54) is 31.7 Å². The fourth-order valence-corrected chi connectivity index (χ4v) is 2.05. The van der Waals surface area contributed by atoms with Gasteiger partial charge in [0, 0.05) is 18.2 Å². The highest BCUT2D eigenvalue weighted by Gasteiger charge is 2.38. The maximum absolute atomic E-state index is 12.8. The number of nitrogens with one attached hydrogen (secondary N) is 1. The number of likely N-dealkylation sites (N-methyl/N-ethyl adjacent to an activating group) is 1. The molecule has 1 N–H and O–H groups in total. The fraction of sp³-hybridized carbons (Fsp3) is 0.636. The van der Waals surface area contributed by atoms with Gasteiger partial charge in [0.15, 0.2) is 0 Å². The van der Waals surface area contributed by atoms with Gasteiger partial charge in [0.1, 0.15) is 12.1 Å². The third-order valence-corrected chi connectivity index (χ3v) is 3.47. The highest BCUT2D eigenvalue weighted by Crippen LogP contribution is 2.36. The first kappa shape index (κ1) is 11.3. The summed E-state index contributed by atoms with van der Waals surface area (Å²) in [5.41, 5.74) is 0.210. The number of rotatable bonds is 4. The average molecular weight is 224 g/mol. The van der Waals surface area contributed by atoms with Crippen molar-refractivity contribution in [2.75, 3.05) is 26.0 Å². The van der Waals surface area contributed by atoms with Crippen molar-refractivity contribution in [2.45, 2.75) is 24.8 Å². The first-order valence-electron chi connectivity index (χ1n) is 5.51. The molecule has 4 nitrogen and oxygen atoms in total. The Bertz CT molecular complexity index is 363. The second kappa shape index (κ2) is 4.33. The molecule has 1 fully saturated rings. The van der Waals surface area contributed by atoms with E-state index in [0.717, 1.165) is 6.54 Å². The molecule has 1 heterocycles. The van der Waals surface area contributed by atoms with Crippen LogP contribution in [-0.4, -0.2) is 41.0 Å². The highest BCUT2D eigenvalue weighted by molar-refractivity contribution is 5.33. The van der Waals surface area contributed by atoms with Crippen LogP contribution < -0.4 is 5.32 Å². The summed E-state index contributed by atoms with van der Waals surface area (Å²) < 4.78 is 12.8. The SMILES string of the molecule is CN(C)C1(CNc2cc(F)ncn2)CCC1. The van der Waals surface area contributed by atoms with Gasteiger partial charge in [0.05, 0.1) is 0 Å². The Kier molecular flexibility index (Phi) is 3.05. The van der Waals surface area contributed by atoms with Gasteiger partial charge < -0.3 is 10.2 Å². The molecule has 5 heteroatoms. The summed E-state index contributed by atoms with van der Waals surface area (Å²) in [5, 5.41) is 3.18. The average Bonchev–Trinajstić information content (AvgIpc) is 2.15. The van der Waals surface area contributed by atoms with Crippen LogP contribution >= 0.6 is 0 Å². The molecule has 1 aromatic heterocycles. The lowest BCUT2D eigenvalue weighted by Gasteiger charge is -2.47. The van der Waals surface area contributed by atoms with Crippen LogP contribution in [0.3, 0.4) is 0 Å². The molecule has 16 heavy (non-hydrogen) atoms. The fourth-order valence-electron chi connectivity index (χ4n) is 2.05. The van der Waals surface area contributed by atoms with Gasteiger partial charge in [-0.2, -0.15) is 4.39 Å². The minimum Gasteiger partial charge on any atom is -0.368 e. The Morgan fingerprint density at radius 1 is 1.44 bits per heavy atom. The lowest BCUT2D eigenvalue weighted by Crippen LogP contribution is -2.54. The lowest BCUT2D eigenvalue weighted by molar-refractivity contribution is 0.0738. The molecule has 0 amide bonds. The molecule has 1 aliphatic rings. The van der Waals surface area contributed by atoms with Crippen molar-refractivity contribution in [1.29, 1.82) is 0 Å². The van der Waals surface area contributed by atoms with Crippen LogP contribution in [0.15, 0.2) is 12.4 Å². The number of hydrogen-bond acceptors (Lipinski definition) is 4.